The van der Waals surface area contributed by atoms with Crippen LogP contribution in [0.25, 0.3) is 11.1 Å². The molecule has 1 aromatic heterocycles. The summed E-state index contributed by atoms with van der Waals surface area (Å²) in [4.78, 5) is 16.4. The Morgan fingerprint density at radius 2 is 1.70 bits per heavy atom. The molecule has 1 amide bonds. The number of carbonyl (C=O) groups is 1. The summed E-state index contributed by atoms with van der Waals surface area (Å²) in [5, 5.41) is 3.84. The zero-order valence-corrected chi connectivity index (χ0v) is 13.5. The molecular weight excluding hydrogens is 331 g/mol. The number of rotatable bonds is 3. The van der Waals surface area contributed by atoms with Crippen molar-refractivity contribution in [1.29, 1.82) is 0 Å². The van der Waals surface area contributed by atoms with Crippen LogP contribution in [0.3, 0.4) is 0 Å². The van der Waals surface area contributed by atoms with Crippen molar-refractivity contribution < 1.29 is 4.79 Å². The van der Waals surface area contributed by atoms with Crippen molar-refractivity contribution in [2.24, 2.45) is 0 Å². The van der Waals surface area contributed by atoms with Gasteiger partial charge in [0.1, 0.15) is 5.69 Å². The number of halogens is 2. The molecule has 0 aliphatic rings. The van der Waals surface area contributed by atoms with Gasteiger partial charge in [-0.05, 0) is 35.9 Å². The Morgan fingerprint density at radius 3 is 2.43 bits per heavy atom. The maximum atomic E-state index is 12.3. The van der Waals surface area contributed by atoms with Crippen LogP contribution in [0.15, 0.2) is 66.9 Å². The van der Waals surface area contributed by atoms with Gasteiger partial charge in [-0.2, -0.15) is 0 Å². The molecule has 3 rings (SSSR count). The molecule has 0 fully saturated rings. The van der Waals surface area contributed by atoms with Crippen molar-refractivity contribution in [2.75, 3.05) is 5.32 Å². The Morgan fingerprint density at radius 1 is 0.913 bits per heavy atom. The van der Waals surface area contributed by atoms with Crippen molar-refractivity contribution in [3.63, 3.8) is 0 Å². The van der Waals surface area contributed by atoms with Crippen LogP contribution in [-0.4, -0.2) is 10.9 Å². The monoisotopic (exact) mass is 342 g/mol. The molecule has 1 N–H and O–H groups in total. The minimum atomic E-state index is -0.266. The molecule has 2 aromatic carbocycles. The zero-order chi connectivity index (χ0) is 16.2. The van der Waals surface area contributed by atoms with E-state index in [0.29, 0.717) is 21.4 Å². The second-order valence-corrected chi connectivity index (χ2v) is 5.66. The fraction of sp³-hybridized carbons (Fsp3) is 0. The van der Waals surface area contributed by atoms with Gasteiger partial charge in [0.05, 0.1) is 10.0 Å². The molecule has 0 saturated carbocycles. The first-order valence-corrected chi connectivity index (χ1v) is 7.67. The molecule has 0 atom stereocenters. The topological polar surface area (TPSA) is 42.0 Å². The van der Waals surface area contributed by atoms with Gasteiger partial charge in [0.2, 0.25) is 0 Å². The summed E-state index contributed by atoms with van der Waals surface area (Å²) in [7, 11) is 0. The van der Waals surface area contributed by atoms with Gasteiger partial charge in [-0.25, -0.2) is 0 Å². The predicted octanol–water partition coefficient (Wildman–Crippen LogP) is 5.31. The van der Waals surface area contributed by atoms with Gasteiger partial charge >= 0.3 is 0 Å². The molecule has 3 nitrogen and oxygen atoms in total. The summed E-state index contributed by atoms with van der Waals surface area (Å²) in [5.74, 6) is -0.266. The Bertz CT molecular complexity index is 851. The minimum Gasteiger partial charge on any atom is -0.320 e. The Labute approximate surface area is 143 Å². The number of amides is 1. The van der Waals surface area contributed by atoms with Crippen molar-refractivity contribution in [2.45, 2.75) is 0 Å². The van der Waals surface area contributed by atoms with Crippen LogP contribution >= 0.6 is 23.2 Å². The van der Waals surface area contributed by atoms with E-state index >= 15 is 0 Å². The molecular formula is C18H12Cl2N2O. The molecule has 114 valence electrons. The number of nitrogens with zero attached hydrogens (tertiary/aromatic N) is 1. The van der Waals surface area contributed by atoms with Gasteiger partial charge in [-0.1, -0.05) is 53.5 Å². The number of para-hydroxylation sites is 1. The van der Waals surface area contributed by atoms with Gasteiger partial charge < -0.3 is 5.32 Å². The maximum Gasteiger partial charge on any atom is 0.274 e. The number of benzene rings is 2. The fourth-order valence-electron chi connectivity index (χ4n) is 2.19. The van der Waals surface area contributed by atoms with Crippen LogP contribution in [0.4, 0.5) is 5.69 Å². The lowest BCUT2D eigenvalue weighted by atomic mass is 10.0. The van der Waals surface area contributed by atoms with E-state index in [9.17, 15) is 4.79 Å². The van der Waals surface area contributed by atoms with E-state index in [1.807, 2.05) is 30.3 Å². The minimum absolute atomic E-state index is 0.266. The third-order valence-corrected chi connectivity index (χ3v) is 4.04. The highest BCUT2D eigenvalue weighted by Crippen LogP contribution is 2.32. The molecule has 0 bridgehead atoms. The van der Waals surface area contributed by atoms with Crippen molar-refractivity contribution in [3.8, 4) is 11.1 Å². The van der Waals surface area contributed by atoms with Crippen LogP contribution < -0.4 is 5.32 Å². The number of nitrogens with one attached hydrogen (secondary N) is 1. The second kappa shape index (κ2) is 6.82. The Hall–Kier alpha value is -2.36. The van der Waals surface area contributed by atoms with Gasteiger partial charge in [-0.15, -0.1) is 0 Å². The molecule has 0 unspecified atom stereocenters. The summed E-state index contributed by atoms with van der Waals surface area (Å²) in [6, 6.07) is 18.1. The van der Waals surface area contributed by atoms with E-state index in [0.717, 1.165) is 11.1 Å². The maximum absolute atomic E-state index is 12.3. The largest absolute Gasteiger partial charge is 0.320 e. The first-order chi connectivity index (χ1) is 11.1. The van der Waals surface area contributed by atoms with Gasteiger partial charge in [0.25, 0.3) is 5.91 Å². The highest BCUT2D eigenvalue weighted by Gasteiger charge is 2.11. The van der Waals surface area contributed by atoms with E-state index in [2.05, 4.69) is 10.3 Å². The normalized spacial score (nSPS) is 10.3. The summed E-state index contributed by atoms with van der Waals surface area (Å²) >= 11 is 12.1. The summed E-state index contributed by atoms with van der Waals surface area (Å²) in [5.41, 5.74) is 2.77. The van der Waals surface area contributed by atoms with E-state index < -0.39 is 0 Å². The molecule has 0 radical (unpaired) electrons. The van der Waals surface area contributed by atoms with E-state index in [1.165, 1.54) is 0 Å². The van der Waals surface area contributed by atoms with Crippen LogP contribution in [0.5, 0.6) is 0 Å². The average molecular weight is 343 g/mol. The van der Waals surface area contributed by atoms with Crippen LogP contribution in [0.2, 0.25) is 10.0 Å². The highest BCUT2D eigenvalue weighted by molar-refractivity contribution is 6.42. The lowest BCUT2D eigenvalue weighted by molar-refractivity contribution is 0.102. The van der Waals surface area contributed by atoms with Crippen molar-refractivity contribution in [3.05, 3.63) is 82.6 Å². The molecule has 23 heavy (non-hydrogen) atoms. The van der Waals surface area contributed by atoms with Gasteiger partial charge in [-0.3, -0.25) is 9.78 Å². The number of aromatic nitrogens is 1. The molecule has 0 saturated heterocycles. The van der Waals surface area contributed by atoms with Gasteiger partial charge in [0.15, 0.2) is 0 Å². The number of hydrogen-bond acceptors (Lipinski definition) is 2. The molecule has 5 heteroatoms. The first-order valence-electron chi connectivity index (χ1n) is 6.92. The molecule has 0 aliphatic carbocycles. The summed E-state index contributed by atoms with van der Waals surface area (Å²) in [6.07, 6.45) is 1.58. The van der Waals surface area contributed by atoms with Crippen LogP contribution in [0.1, 0.15) is 10.5 Å². The number of carbonyl (C=O) groups excluding carboxylic acids is 1. The molecule has 0 spiro atoms. The summed E-state index contributed by atoms with van der Waals surface area (Å²) in [6.45, 7) is 0. The standard InChI is InChI=1S/C18H12Cl2N2O/c19-14-9-8-12(11-15(14)20)13-5-1-2-6-16(13)22-18(23)17-7-3-4-10-21-17/h1-11H,(H,22,23). The Kier molecular flexibility index (Phi) is 4.60. The highest BCUT2D eigenvalue weighted by atomic mass is 35.5. The zero-order valence-electron chi connectivity index (χ0n) is 12.0. The van der Waals surface area contributed by atoms with Crippen molar-refractivity contribution in [1.82, 2.24) is 4.98 Å². The average Bonchev–Trinajstić information content (AvgIpc) is 2.59. The smallest absolute Gasteiger partial charge is 0.274 e. The van der Waals surface area contributed by atoms with Crippen molar-refractivity contribution >= 4 is 34.8 Å². The quantitative estimate of drug-likeness (QED) is 0.700. The van der Waals surface area contributed by atoms with E-state index in [-0.39, 0.29) is 5.91 Å². The predicted molar refractivity (Wildman–Crippen MR) is 94.1 cm³/mol. The fourth-order valence-corrected chi connectivity index (χ4v) is 2.49. The van der Waals surface area contributed by atoms with E-state index in [1.54, 1.807) is 36.5 Å². The van der Waals surface area contributed by atoms with Gasteiger partial charge in [0, 0.05) is 17.4 Å². The second-order valence-electron chi connectivity index (χ2n) is 4.84. The molecule has 0 aliphatic heterocycles. The number of hydrogen-bond donors (Lipinski definition) is 1. The summed E-state index contributed by atoms with van der Waals surface area (Å²) < 4.78 is 0. The van der Waals surface area contributed by atoms with Crippen LogP contribution in [0, 0.1) is 0 Å². The number of pyridine rings is 1. The SMILES string of the molecule is O=C(Nc1ccccc1-c1ccc(Cl)c(Cl)c1)c1ccccn1. The third-order valence-electron chi connectivity index (χ3n) is 3.30. The van der Waals surface area contributed by atoms with Crippen LogP contribution in [-0.2, 0) is 0 Å². The van der Waals surface area contributed by atoms with E-state index in [4.69, 9.17) is 23.2 Å². The molecule has 1 heterocycles. The third kappa shape index (κ3) is 3.52. The Balaban J connectivity index is 1.95. The lowest BCUT2D eigenvalue weighted by Crippen LogP contribution is -2.13. The first kappa shape index (κ1) is 15.5. The molecule has 3 aromatic rings. The number of anilines is 1. The lowest BCUT2D eigenvalue weighted by Gasteiger charge is -2.11.